The van der Waals surface area contributed by atoms with Gasteiger partial charge in [0.15, 0.2) is 0 Å². The first-order valence-corrected chi connectivity index (χ1v) is 35.5. The first-order chi connectivity index (χ1) is 49.4. The van der Waals surface area contributed by atoms with E-state index in [0.29, 0.717) is 66.3 Å². The topological polar surface area (TPSA) is 178 Å². The van der Waals surface area contributed by atoms with Gasteiger partial charge in [-0.05, 0) is 77.2 Å². The normalized spacial score (nSPS) is 19.4. The van der Waals surface area contributed by atoms with Gasteiger partial charge in [-0.15, -0.1) is 0 Å². The van der Waals surface area contributed by atoms with Crippen molar-refractivity contribution in [3.63, 3.8) is 0 Å². The number of carbonyl (C=O) groups is 5. The van der Waals surface area contributed by atoms with E-state index >= 15 is 39.5 Å². The second-order valence-electron chi connectivity index (χ2n) is 26.3. The molecule has 11 atom stereocenters. The summed E-state index contributed by atoms with van der Waals surface area (Å²) in [5, 5.41) is 0. The Balaban J connectivity index is 1.27. The Morgan fingerprint density at radius 3 is 0.990 bits per heavy atom. The zero-order chi connectivity index (χ0) is 76.4. The molecule has 15 nitrogen and oxygen atoms in total. The molecule has 1 saturated heterocycles. The third kappa shape index (κ3) is 21.2. The molecule has 4 aromatic rings. The zero-order valence-corrected chi connectivity index (χ0v) is 59.5. The maximum Gasteiger partial charge on any atom is 0.432 e. The average Bonchev–Trinajstić information content (AvgIpc) is 0.805. The van der Waals surface area contributed by atoms with Gasteiger partial charge in [0.25, 0.3) is 22.4 Å². The number of benzene rings is 4. The van der Waals surface area contributed by atoms with Crippen molar-refractivity contribution < 1.29 is 124 Å². The van der Waals surface area contributed by atoms with Crippen molar-refractivity contribution in [2.45, 2.75) is 264 Å². The van der Waals surface area contributed by atoms with E-state index in [1.807, 2.05) is 0 Å². The molecule has 0 N–H and O–H groups in total. The van der Waals surface area contributed by atoms with Crippen LogP contribution in [0.25, 0.3) is 0 Å². The molecule has 0 amide bonds. The Morgan fingerprint density at radius 1 is 0.394 bits per heavy atom. The Hall–Kier alpha value is -7.07. The number of carbonyl (C=O) groups excluding carboxylic acids is 5. The molecule has 104 heavy (non-hydrogen) atoms. The highest BCUT2D eigenvalue weighted by Gasteiger charge is 2.68. The Morgan fingerprint density at radius 2 is 0.683 bits per heavy atom. The maximum absolute atomic E-state index is 15.6. The molecular weight excluding hydrogens is 1390 g/mol. The van der Waals surface area contributed by atoms with Gasteiger partial charge in [0.1, 0.15) is 30.5 Å². The fraction of sp³-hybridized carbons (Fsp3) is 0.597. The number of hydrogen-bond donors (Lipinski definition) is 0. The van der Waals surface area contributed by atoms with Crippen LogP contribution < -0.4 is 0 Å². The van der Waals surface area contributed by atoms with Gasteiger partial charge in [-0.2, -0.15) is 52.7 Å². The Labute approximate surface area is 599 Å². The first-order valence-electron chi connectivity index (χ1n) is 35.5. The summed E-state index contributed by atoms with van der Waals surface area (Å²) in [6.45, 7) is 3.69. The van der Waals surface area contributed by atoms with Crippen molar-refractivity contribution in [3.05, 3.63) is 155 Å². The molecule has 0 aromatic heterocycles. The van der Waals surface area contributed by atoms with Crippen LogP contribution in [0.15, 0.2) is 133 Å². The molecule has 4 aromatic carbocycles. The minimum absolute atomic E-state index is 0.00500. The van der Waals surface area contributed by atoms with Gasteiger partial charge in [0.2, 0.25) is 0 Å². The highest BCUT2D eigenvalue weighted by molar-refractivity contribution is 5.91. The molecule has 2 heterocycles. The third-order valence-corrected chi connectivity index (χ3v) is 19.3. The molecule has 0 bridgehead atoms. The van der Waals surface area contributed by atoms with Crippen molar-refractivity contribution in [1.82, 2.24) is 0 Å². The summed E-state index contributed by atoms with van der Waals surface area (Å²) in [5.41, 5.74) is -17.1. The molecule has 0 spiro atoms. The molecule has 0 unspecified atom stereocenters. The van der Waals surface area contributed by atoms with Gasteiger partial charge in [-0.1, -0.05) is 218 Å². The van der Waals surface area contributed by atoms with Gasteiger partial charge < -0.3 is 47.4 Å². The first kappa shape index (κ1) is 85.9. The summed E-state index contributed by atoms with van der Waals surface area (Å²) in [5.74, 6) is -8.24. The van der Waals surface area contributed by atoms with Crippen molar-refractivity contribution in [3.8, 4) is 0 Å². The lowest BCUT2D eigenvalue weighted by Gasteiger charge is -2.36. The zero-order valence-electron chi connectivity index (χ0n) is 59.5. The van der Waals surface area contributed by atoms with Gasteiger partial charge in [-0.25, -0.2) is 24.0 Å². The fourth-order valence-electron chi connectivity index (χ4n) is 13.6. The molecule has 27 heteroatoms. The Bertz CT molecular complexity index is 3300. The van der Waals surface area contributed by atoms with Crippen molar-refractivity contribution in [1.29, 1.82) is 0 Å². The number of methoxy groups -OCH3 is 4. The standard InChI is InChI=1S/C77H96F12O15/c1-7-8-9-10-11-12-13-17-20-35-46-61(103-68(93)72(97-5,76(84,85)86)57-40-29-23-30-41-57)62-49-50-63(102-62)64(104-69(94)73(98-6,77(87,88)89)58-42-31-24-32-43-58)48-47-59(100-66(91)70(95-3,74(78,79)80)55-36-25-21-26-37-55)44-33-18-15-14-16-19-34-45-60(52-54-51-53(2)99-65(54)90)101-67(92)71(96-4,75(81,82)83)56-38-27-22-28-39-56/h21-32,36-43,51,53,59-64H,7-20,33-35,44-50,52H2,1-6H3/t53-,59+,60+,61-,62+,63+,64+,70+,71+,72+,73+/m0/s1. The van der Waals surface area contributed by atoms with Crippen LogP contribution >= 0.6 is 0 Å². The van der Waals surface area contributed by atoms with Crippen molar-refractivity contribution in [2.75, 3.05) is 28.4 Å². The summed E-state index contributed by atoms with van der Waals surface area (Å²) in [4.78, 5) is 69.8. The predicted molar refractivity (Wildman–Crippen MR) is 358 cm³/mol. The molecule has 0 aliphatic carbocycles. The van der Waals surface area contributed by atoms with E-state index < -0.39 is 155 Å². The monoisotopic (exact) mass is 1490 g/mol. The minimum atomic E-state index is -5.53. The van der Waals surface area contributed by atoms with Crippen LogP contribution in [0.5, 0.6) is 0 Å². The van der Waals surface area contributed by atoms with Crippen molar-refractivity contribution >= 4 is 29.8 Å². The average molecular weight is 1490 g/mol. The van der Waals surface area contributed by atoms with E-state index in [1.54, 1.807) is 6.92 Å². The van der Waals surface area contributed by atoms with Crippen molar-refractivity contribution in [2.24, 2.45) is 0 Å². The molecule has 578 valence electrons. The molecular formula is C77H96F12O15. The summed E-state index contributed by atoms with van der Waals surface area (Å²) in [6, 6.07) is 23.8. The quantitative estimate of drug-likeness (QED) is 0.0177. The molecule has 6 rings (SSSR count). The maximum atomic E-state index is 15.6. The molecule has 0 radical (unpaired) electrons. The number of rotatable bonds is 44. The van der Waals surface area contributed by atoms with Crippen LogP contribution in [-0.2, 0) is 93.7 Å². The van der Waals surface area contributed by atoms with Crippen LogP contribution in [-0.4, -0.2) is 126 Å². The number of alkyl halides is 12. The molecule has 2 aliphatic heterocycles. The van der Waals surface area contributed by atoms with E-state index in [9.17, 15) is 37.1 Å². The number of cyclic esters (lactones) is 1. The van der Waals surface area contributed by atoms with Gasteiger partial charge >= 0.3 is 54.6 Å². The van der Waals surface area contributed by atoms with Crippen LogP contribution in [0.2, 0.25) is 0 Å². The SMILES string of the molecule is CCCCCCCCCCCC[C@H](OC(=O)[C@](OC)(c1ccccc1)C(F)(F)F)[C@H]1CC[C@H]([C@@H](CC[C@@H](CCCCCCCCC[C@H](CC2=C[C@H](C)OC2=O)OC(=O)[C@](OC)(c2ccccc2)C(F)(F)F)OC(=O)[C@](OC)(c2ccccc2)C(F)(F)F)OC(=O)[C@](OC)(c2ccccc2)C(F)(F)F)O1. The molecule has 1 fully saturated rings. The summed E-state index contributed by atoms with van der Waals surface area (Å²) in [7, 11) is 2.70. The number of unbranched alkanes of at least 4 members (excludes halogenated alkanes) is 15. The van der Waals surface area contributed by atoms with E-state index in [0.717, 1.165) is 107 Å². The van der Waals surface area contributed by atoms with E-state index in [4.69, 9.17) is 47.4 Å². The summed E-state index contributed by atoms with van der Waals surface area (Å²) < 4.78 is 239. The van der Waals surface area contributed by atoms with Gasteiger partial charge in [0.05, 0.1) is 12.2 Å². The number of ether oxygens (including phenoxy) is 10. The van der Waals surface area contributed by atoms with E-state index in [2.05, 4.69) is 6.92 Å². The second kappa shape index (κ2) is 39.5. The van der Waals surface area contributed by atoms with Crippen LogP contribution in [0, 0.1) is 0 Å². The van der Waals surface area contributed by atoms with Crippen LogP contribution in [0.4, 0.5) is 52.7 Å². The van der Waals surface area contributed by atoms with Crippen LogP contribution in [0.3, 0.4) is 0 Å². The summed E-state index contributed by atoms with van der Waals surface area (Å²) in [6.07, 6.45) is -20.3. The largest absolute Gasteiger partial charge is 0.460 e. The highest BCUT2D eigenvalue weighted by Crippen LogP contribution is 2.49. The number of halogens is 12. The number of esters is 5. The minimum Gasteiger partial charge on any atom is -0.460 e. The Kier molecular flexibility index (Phi) is 32.6. The lowest BCUT2D eigenvalue weighted by Crippen LogP contribution is -2.54. The highest BCUT2D eigenvalue weighted by atomic mass is 19.4. The second-order valence-corrected chi connectivity index (χ2v) is 26.3. The summed E-state index contributed by atoms with van der Waals surface area (Å²) >= 11 is 0. The number of hydrogen-bond acceptors (Lipinski definition) is 15. The van der Waals surface area contributed by atoms with Crippen LogP contribution in [0.1, 0.15) is 197 Å². The molecule has 0 saturated carbocycles. The third-order valence-electron chi connectivity index (χ3n) is 19.3. The predicted octanol–water partition coefficient (Wildman–Crippen LogP) is 18.5. The lowest BCUT2D eigenvalue weighted by atomic mass is 9.92. The van der Waals surface area contributed by atoms with E-state index in [1.165, 1.54) is 78.9 Å². The fourth-order valence-corrected chi connectivity index (χ4v) is 13.6. The smallest absolute Gasteiger partial charge is 0.432 e. The molecule has 2 aliphatic rings. The van der Waals surface area contributed by atoms with Gasteiger partial charge in [0, 0.05) is 62.7 Å². The van der Waals surface area contributed by atoms with E-state index in [-0.39, 0.29) is 56.9 Å². The van der Waals surface area contributed by atoms with Gasteiger partial charge in [-0.3, -0.25) is 0 Å². The lowest BCUT2D eigenvalue weighted by molar-refractivity contribution is -0.282.